The summed E-state index contributed by atoms with van der Waals surface area (Å²) in [6, 6.07) is 3.97. The number of amides is 1. The summed E-state index contributed by atoms with van der Waals surface area (Å²) in [5.74, 6) is -0.151. The van der Waals surface area contributed by atoms with Gasteiger partial charge in [-0.15, -0.1) is 0 Å². The van der Waals surface area contributed by atoms with Crippen LogP contribution in [0.5, 0.6) is 0 Å². The Hall–Kier alpha value is -1.83. The van der Waals surface area contributed by atoms with Crippen molar-refractivity contribution in [2.75, 3.05) is 0 Å². The molecule has 0 saturated heterocycles. The van der Waals surface area contributed by atoms with Gasteiger partial charge in [0, 0.05) is 13.2 Å². The Balaban J connectivity index is 1.94. The second-order valence-corrected chi connectivity index (χ2v) is 4.18. The molecule has 0 atom stereocenters. The lowest BCUT2D eigenvalue weighted by atomic mass is 9.69. The lowest BCUT2D eigenvalue weighted by molar-refractivity contribution is -0.131. The average molecular weight is 218 g/mol. The van der Waals surface area contributed by atoms with Gasteiger partial charge in [0.15, 0.2) is 0 Å². The van der Waals surface area contributed by atoms with Crippen LogP contribution < -0.4 is 5.32 Å². The number of nitrogens with one attached hydrogen (secondary N) is 1. The quantitative estimate of drug-likeness (QED) is 0.813. The Morgan fingerprint density at radius 1 is 1.75 bits per heavy atom. The molecule has 5 nitrogen and oxygen atoms in total. The van der Waals surface area contributed by atoms with Crippen molar-refractivity contribution in [2.45, 2.75) is 25.8 Å². The van der Waals surface area contributed by atoms with Gasteiger partial charge in [0.2, 0.25) is 5.91 Å². The number of aryl methyl sites for hydroxylation is 1. The van der Waals surface area contributed by atoms with Crippen LogP contribution in [0.4, 0.5) is 0 Å². The standard InChI is InChI=1S/C11H14N4O/c1-15-9(3-6-14-15)7-13-10(16)11(8-12)4-2-5-11/h3,6H,2,4-5,7H2,1H3,(H,13,16). The van der Waals surface area contributed by atoms with Crippen LogP contribution in [0, 0.1) is 16.7 Å². The fourth-order valence-corrected chi connectivity index (χ4v) is 1.83. The molecule has 1 aromatic rings. The highest BCUT2D eigenvalue weighted by molar-refractivity contribution is 5.86. The number of hydrogen-bond acceptors (Lipinski definition) is 3. The SMILES string of the molecule is Cn1nccc1CNC(=O)C1(C#N)CCC1. The molecule has 0 aromatic carbocycles. The van der Waals surface area contributed by atoms with Crippen molar-refractivity contribution in [3.05, 3.63) is 18.0 Å². The smallest absolute Gasteiger partial charge is 0.240 e. The van der Waals surface area contributed by atoms with E-state index in [4.69, 9.17) is 5.26 Å². The molecule has 1 amide bonds. The van der Waals surface area contributed by atoms with Gasteiger partial charge in [0.05, 0.1) is 18.3 Å². The maximum absolute atomic E-state index is 11.8. The van der Waals surface area contributed by atoms with E-state index in [0.717, 1.165) is 12.1 Å². The van der Waals surface area contributed by atoms with Crippen LogP contribution in [0.3, 0.4) is 0 Å². The summed E-state index contributed by atoms with van der Waals surface area (Å²) in [6.07, 6.45) is 4.01. The number of nitriles is 1. The summed E-state index contributed by atoms with van der Waals surface area (Å²) in [5.41, 5.74) is 0.166. The van der Waals surface area contributed by atoms with Gasteiger partial charge >= 0.3 is 0 Å². The van der Waals surface area contributed by atoms with Crippen LogP contribution in [0.2, 0.25) is 0 Å². The van der Waals surface area contributed by atoms with E-state index in [1.165, 1.54) is 0 Å². The van der Waals surface area contributed by atoms with Crippen LogP contribution in [-0.4, -0.2) is 15.7 Å². The monoisotopic (exact) mass is 218 g/mol. The van der Waals surface area contributed by atoms with Gasteiger partial charge in [-0.2, -0.15) is 10.4 Å². The molecule has 1 aliphatic rings. The normalized spacial score (nSPS) is 17.2. The van der Waals surface area contributed by atoms with Crippen LogP contribution in [0.25, 0.3) is 0 Å². The van der Waals surface area contributed by atoms with Crippen molar-refractivity contribution in [1.82, 2.24) is 15.1 Å². The number of rotatable bonds is 3. The third-order valence-corrected chi connectivity index (χ3v) is 3.21. The highest BCUT2D eigenvalue weighted by Crippen LogP contribution is 2.40. The highest BCUT2D eigenvalue weighted by Gasteiger charge is 2.44. The van der Waals surface area contributed by atoms with Crippen molar-refractivity contribution in [3.8, 4) is 6.07 Å². The number of nitrogens with zero attached hydrogens (tertiary/aromatic N) is 3. The molecule has 1 fully saturated rings. The zero-order valence-electron chi connectivity index (χ0n) is 9.23. The number of aromatic nitrogens is 2. The Labute approximate surface area is 94.1 Å². The molecule has 16 heavy (non-hydrogen) atoms. The Bertz CT molecular complexity index is 439. The third-order valence-electron chi connectivity index (χ3n) is 3.21. The second kappa shape index (κ2) is 3.97. The first-order chi connectivity index (χ1) is 7.68. The molecule has 0 bridgehead atoms. The molecule has 0 spiro atoms. The number of carbonyl (C=O) groups excluding carboxylic acids is 1. The van der Waals surface area contributed by atoms with Crippen molar-refractivity contribution < 1.29 is 4.79 Å². The molecule has 5 heteroatoms. The summed E-state index contributed by atoms with van der Waals surface area (Å²) in [6.45, 7) is 0.429. The van der Waals surface area contributed by atoms with Gasteiger partial charge in [-0.1, -0.05) is 0 Å². The van der Waals surface area contributed by atoms with Crippen molar-refractivity contribution >= 4 is 5.91 Å². The molecular formula is C11H14N4O. The molecule has 84 valence electrons. The summed E-state index contributed by atoms with van der Waals surface area (Å²) < 4.78 is 1.71. The zero-order valence-corrected chi connectivity index (χ0v) is 9.23. The van der Waals surface area contributed by atoms with Gasteiger partial charge < -0.3 is 5.32 Å². The van der Waals surface area contributed by atoms with Crippen LogP contribution >= 0.6 is 0 Å². The average Bonchev–Trinajstić information content (AvgIpc) is 2.60. The van der Waals surface area contributed by atoms with Gasteiger partial charge in [-0.3, -0.25) is 9.48 Å². The molecule has 1 aromatic heterocycles. The Morgan fingerprint density at radius 3 is 2.94 bits per heavy atom. The fourth-order valence-electron chi connectivity index (χ4n) is 1.83. The molecule has 1 aliphatic carbocycles. The summed E-state index contributed by atoms with van der Waals surface area (Å²) in [4.78, 5) is 11.8. The Kier molecular flexibility index (Phi) is 2.65. The number of hydrogen-bond donors (Lipinski definition) is 1. The molecule has 2 rings (SSSR count). The molecule has 0 aliphatic heterocycles. The van der Waals surface area contributed by atoms with Crippen LogP contribution in [0.15, 0.2) is 12.3 Å². The first-order valence-corrected chi connectivity index (χ1v) is 5.34. The molecule has 0 radical (unpaired) electrons. The minimum Gasteiger partial charge on any atom is -0.349 e. The largest absolute Gasteiger partial charge is 0.349 e. The first-order valence-electron chi connectivity index (χ1n) is 5.34. The van der Waals surface area contributed by atoms with E-state index in [1.807, 2.05) is 13.1 Å². The fraction of sp³-hybridized carbons (Fsp3) is 0.545. The predicted octanol–water partition coefficient (Wildman–Crippen LogP) is 0.730. The molecular weight excluding hydrogens is 204 g/mol. The van der Waals surface area contributed by atoms with E-state index >= 15 is 0 Å². The van der Waals surface area contributed by atoms with Gasteiger partial charge in [-0.25, -0.2) is 0 Å². The van der Waals surface area contributed by atoms with E-state index in [1.54, 1.807) is 10.9 Å². The second-order valence-electron chi connectivity index (χ2n) is 4.18. The predicted molar refractivity (Wildman–Crippen MR) is 57.0 cm³/mol. The minimum atomic E-state index is -0.765. The molecule has 1 heterocycles. The Morgan fingerprint density at radius 2 is 2.50 bits per heavy atom. The van der Waals surface area contributed by atoms with E-state index in [2.05, 4.69) is 16.5 Å². The lowest BCUT2D eigenvalue weighted by Crippen LogP contribution is -2.44. The van der Waals surface area contributed by atoms with E-state index in [9.17, 15) is 4.79 Å². The number of carbonyl (C=O) groups is 1. The van der Waals surface area contributed by atoms with E-state index in [-0.39, 0.29) is 5.91 Å². The minimum absolute atomic E-state index is 0.151. The first kappa shape index (κ1) is 10.7. The summed E-state index contributed by atoms with van der Waals surface area (Å²) in [7, 11) is 1.82. The van der Waals surface area contributed by atoms with Crippen molar-refractivity contribution in [1.29, 1.82) is 5.26 Å². The summed E-state index contributed by atoms with van der Waals surface area (Å²) in [5, 5.41) is 15.8. The topological polar surface area (TPSA) is 70.7 Å². The van der Waals surface area contributed by atoms with Gasteiger partial charge in [0.25, 0.3) is 0 Å². The maximum atomic E-state index is 11.8. The third kappa shape index (κ3) is 1.67. The zero-order chi connectivity index (χ0) is 11.6. The lowest BCUT2D eigenvalue weighted by Gasteiger charge is -2.33. The molecule has 1 N–H and O–H groups in total. The van der Waals surface area contributed by atoms with Crippen molar-refractivity contribution in [3.63, 3.8) is 0 Å². The van der Waals surface area contributed by atoms with Crippen molar-refractivity contribution in [2.24, 2.45) is 12.5 Å². The molecule has 0 unspecified atom stereocenters. The van der Waals surface area contributed by atoms with Crippen LogP contribution in [-0.2, 0) is 18.4 Å². The van der Waals surface area contributed by atoms with Gasteiger partial charge in [0.1, 0.15) is 5.41 Å². The van der Waals surface area contributed by atoms with E-state index in [0.29, 0.717) is 19.4 Å². The van der Waals surface area contributed by atoms with Gasteiger partial charge in [-0.05, 0) is 25.3 Å². The van der Waals surface area contributed by atoms with E-state index < -0.39 is 5.41 Å². The summed E-state index contributed by atoms with van der Waals surface area (Å²) >= 11 is 0. The molecule has 1 saturated carbocycles. The highest BCUT2D eigenvalue weighted by atomic mass is 16.2. The van der Waals surface area contributed by atoms with Crippen LogP contribution in [0.1, 0.15) is 25.0 Å². The maximum Gasteiger partial charge on any atom is 0.240 e.